The molecule has 1 atom stereocenters. The van der Waals surface area contributed by atoms with Crippen LogP contribution in [0.3, 0.4) is 0 Å². The zero-order chi connectivity index (χ0) is 19.3. The van der Waals surface area contributed by atoms with E-state index in [0.717, 1.165) is 31.0 Å². The van der Waals surface area contributed by atoms with Crippen LogP contribution in [0, 0.1) is 34.0 Å². The van der Waals surface area contributed by atoms with E-state index in [2.05, 4.69) is 11.1 Å². The van der Waals surface area contributed by atoms with Crippen molar-refractivity contribution in [2.45, 2.75) is 54.8 Å². The second-order valence-corrected chi connectivity index (χ2v) is 7.69. The van der Waals surface area contributed by atoms with E-state index in [4.69, 9.17) is 11.0 Å². The lowest BCUT2D eigenvalue weighted by Gasteiger charge is -2.40. The first-order valence-electron chi connectivity index (χ1n) is 8.35. The van der Waals surface area contributed by atoms with Gasteiger partial charge in [0.05, 0.1) is 22.4 Å². The average Bonchev–Trinajstić information content (AvgIpc) is 2.67. The average molecular weight is 368 g/mol. The zero-order valence-electron chi connectivity index (χ0n) is 14.8. The van der Waals surface area contributed by atoms with Crippen molar-refractivity contribution in [2.24, 2.45) is 0 Å². The van der Waals surface area contributed by atoms with E-state index in [0.29, 0.717) is 17.9 Å². The molecule has 2 N–H and O–H groups in total. The van der Waals surface area contributed by atoms with Crippen LogP contribution in [0.15, 0.2) is 11.1 Å². The van der Waals surface area contributed by atoms with Gasteiger partial charge in [-0.25, -0.2) is 4.98 Å². The Bertz CT molecular complexity index is 826. The maximum absolute atomic E-state index is 12.9. The molecule has 1 fully saturated rings. The minimum atomic E-state index is -0.765. The third-order valence-electron chi connectivity index (χ3n) is 4.76. The summed E-state index contributed by atoms with van der Waals surface area (Å²) in [7, 11) is 1.67. The number of carbonyl (C=O) groups excluding carboxylic acids is 1. The highest BCUT2D eigenvalue weighted by Gasteiger charge is 2.40. The first kappa shape index (κ1) is 19.6. The van der Waals surface area contributed by atoms with Crippen molar-refractivity contribution < 1.29 is 4.79 Å². The van der Waals surface area contributed by atoms with E-state index in [9.17, 15) is 15.3 Å². The molecule has 1 aliphatic carbocycles. The monoisotopic (exact) mass is 368 g/mol. The molecule has 0 radical (unpaired) electrons. The second-order valence-electron chi connectivity index (χ2n) is 6.36. The summed E-state index contributed by atoms with van der Waals surface area (Å²) < 4.78 is 0. The lowest BCUT2D eigenvalue weighted by atomic mass is 9.81. The van der Waals surface area contributed by atoms with Gasteiger partial charge < -0.3 is 10.6 Å². The predicted octanol–water partition coefficient (Wildman–Crippen LogP) is 2.57. The van der Waals surface area contributed by atoms with Crippen molar-refractivity contribution in [1.29, 1.82) is 15.8 Å². The van der Waals surface area contributed by atoms with Gasteiger partial charge in [-0.1, -0.05) is 31.0 Å². The van der Waals surface area contributed by atoms with Crippen molar-refractivity contribution in [2.75, 3.05) is 12.8 Å². The summed E-state index contributed by atoms with van der Waals surface area (Å²) >= 11 is 1.11. The first-order chi connectivity index (χ1) is 12.4. The number of rotatable bonds is 4. The Morgan fingerprint density at radius 2 is 1.88 bits per heavy atom. The number of nitrogen functional groups attached to an aromatic ring is 1. The number of anilines is 1. The van der Waals surface area contributed by atoms with Crippen LogP contribution in [0.5, 0.6) is 0 Å². The molecule has 8 heteroatoms. The van der Waals surface area contributed by atoms with Gasteiger partial charge in [0.15, 0.2) is 0 Å². The van der Waals surface area contributed by atoms with E-state index in [1.54, 1.807) is 18.9 Å². The summed E-state index contributed by atoms with van der Waals surface area (Å²) in [6.07, 6.45) is 4.29. The van der Waals surface area contributed by atoms with Crippen molar-refractivity contribution in [3.05, 3.63) is 17.2 Å². The quantitative estimate of drug-likeness (QED) is 0.808. The Hall–Kier alpha value is -2.76. The molecule has 0 aromatic carbocycles. The number of hydrogen-bond acceptors (Lipinski definition) is 7. The number of nitrogens with two attached hydrogens (primary N) is 1. The fraction of sp³-hybridized carbons (Fsp3) is 0.500. The predicted molar refractivity (Wildman–Crippen MR) is 97.6 cm³/mol. The van der Waals surface area contributed by atoms with Gasteiger partial charge in [-0.3, -0.25) is 4.79 Å². The minimum Gasteiger partial charge on any atom is -0.383 e. The fourth-order valence-corrected chi connectivity index (χ4v) is 4.11. The highest BCUT2D eigenvalue weighted by Crippen LogP contribution is 2.35. The number of amides is 1. The highest BCUT2D eigenvalue weighted by atomic mass is 32.2. The van der Waals surface area contributed by atoms with Gasteiger partial charge in [0.2, 0.25) is 5.91 Å². The van der Waals surface area contributed by atoms with E-state index in [1.165, 1.54) is 6.07 Å². The maximum atomic E-state index is 12.9. The number of nitriles is 3. The van der Waals surface area contributed by atoms with Gasteiger partial charge in [0.25, 0.3) is 0 Å². The molecule has 0 saturated heterocycles. The molecule has 7 nitrogen and oxygen atoms in total. The Kier molecular flexibility index (Phi) is 6.08. The molecule has 1 amide bonds. The normalized spacial score (nSPS) is 16.6. The van der Waals surface area contributed by atoms with Crippen LogP contribution in [0.25, 0.3) is 0 Å². The van der Waals surface area contributed by atoms with E-state index in [1.807, 2.05) is 12.1 Å². The van der Waals surface area contributed by atoms with E-state index < -0.39 is 10.8 Å². The lowest BCUT2D eigenvalue weighted by molar-refractivity contribution is -0.133. The molecular formula is C18H20N6OS. The number of aromatic nitrogens is 1. The molecule has 26 heavy (non-hydrogen) atoms. The Balaban J connectivity index is 2.22. The molecule has 0 bridgehead atoms. The molecule has 1 aromatic heterocycles. The molecule has 2 rings (SSSR count). The van der Waals surface area contributed by atoms with Crippen molar-refractivity contribution >= 4 is 23.5 Å². The Labute approximate surface area is 157 Å². The number of hydrogen-bond donors (Lipinski definition) is 1. The summed E-state index contributed by atoms with van der Waals surface area (Å²) in [5, 5.41) is 27.7. The van der Waals surface area contributed by atoms with E-state index in [-0.39, 0.29) is 22.9 Å². The van der Waals surface area contributed by atoms with Gasteiger partial charge in [-0.05, 0) is 25.8 Å². The van der Waals surface area contributed by atoms with Gasteiger partial charge in [-0.15, -0.1) is 0 Å². The minimum absolute atomic E-state index is 0.0304. The molecule has 0 unspecified atom stereocenters. The molecule has 134 valence electrons. The molecule has 1 heterocycles. The first-order valence-corrected chi connectivity index (χ1v) is 9.23. The zero-order valence-corrected chi connectivity index (χ0v) is 15.6. The summed E-state index contributed by atoms with van der Waals surface area (Å²) in [5.74, 6) is -0.158. The smallest absolute Gasteiger partial charge is 0.236 e. The van der Waals surface area contributed by atoms with Gasteiger partial charge in [0.1, 0.15) is 28.5 Å². The number of nitrogens with zero attached hydrogens (tertiary/aromatic N) is 5. The second kappa shape index (κ2) is 8.08. The van der Waals surface area contributed by atoms with Crippen LogP contribution in [-0.2, 0) is 4.79 Å². The molecule has 0 aliphatic heterocycles. The summed E-state index contributed by atoms with van der Waals surface area (Å²) in [4.78, 5) is 18.5. The van der Waals surface area contributed by atoms with Crippen LogP contribution in [-0.4, -0.2) is 33.6 Å². The largest absolute Gasteiger partial charge is 0.383 e. The standard InChI is InChI=1S/C18H20N6OS/c1-12(17(25)24(2)18(11-21)6-4-3-5-7-18)26-16-14(10-20)8-13(9-19)15(22)23-16/h8,12H,3-7H2,1-2H3,(H2,22,23)/t12-/m1/s1. The number of pyridine rings is 1. The number of thioether (sulfide) groups is 1. The third-order valence-corrected chi connectivity index (χ3v) is 5.85. The summed E-state index contributed by atoms with van der Waals surface area (Å²) in [5.41, 5.74) is 5.30. The van der Waals surface area contributed by atoms with Crippen molar-refractivity contribution in [1.82, 2.24) is 9.88 Å². The van der Waals surface area contributed by atoms with Crippen LogP contribution >= 0.6 is 11.8 Å². The Morgan fingerprint density at radius 3 is 2.42 bits per heavy atom. The maximum Gasteiger partial charge on any atom is 0.236 e. The lowest BCUT2D eigenvalue weighted by Crippen LogP contribution is -2.52. The topological polar surface area (TPSA) is 131 Å². The van der Waals surface area contributed by atoms with Crippen LogP contribution in [0.4, 0.5) is 5.82 Å². The van der Waals surface area contributed by atoms with Crippen LogP contribution in [0.1, 0.15) is 50.2 Å². The van der Waals surface area contributed by atoms with Crippen molar-refractivity contribution in [3.63, 3.8) is 0 Å². The van der Waals surface area contributed by atoms with Crippen LogP contribution in [0.2, 0.25) is 0 Å². The van der Waals surface area contributed by atoms with Crippen LogP contribution < -0.4 is 5.73 Å². The van der Waals surface area contributed by atoms with Crippen molar-refractivity contribution in [3.8, 4) is 18.2 Å². The molecule has 1 aromatic rings. The van der Waals surface area contributed by atoms with Gasteiger partial charge in [0, 0.05) is 7.05 Å². The molecule has 1 saturated carbocycles. The number of carbonyl (C=O) groups is 1. The SMILES string of the molecule is C[C@@H](Sc1nc(N)c(C#N)cc1C#N)C(=O)N(C)C1(C#N)CCCCC1. The van der Waals surface area contributed by atoms with E-state index >= 15 is 0 Å². The molecule has 0 spiro atoms. The Morgan fingerprint density at radius 1 is 1.27 bits per heavy atom. The summed E-state index contributed by atoms with van der Waals surface area (Å²) in [6.45, 7) is 1.72. The molecule has 1 aliphatic rings. The highest BCUT2D eigenvalue weighted by molar-refractivity contribution is 8.00. The third kappa shape index (κ3) is 3.74. The molecular weight excluding hydrogens is 348 g/mol. The van der Waals surface area contributed by atoms with Gasteiger partial charge in [-0.2, -0.15) is 15.8 Å². The fourth-order valence-electron chi connectivity index (χ4n) is 3.13. The van der Waals surface area contributed by atoms with Gasteiger partial charge >= 0.3 is 0 Å². The summed E-state index contributed by atoms with van der Waals surface area (Å²) in [6, 6.07) is 7.59.